The molecule has 0 aliphatic heterocycles. The topological polar surface area (TPSA) is 71.0 Å². The largest absolute Gasteiger partial charge is 0.357 e. The predicted molar refractivity (Wildman–Crippen MR) is 134 cm³/mol. The number of thioether (sulfide) groups is 1. The Morgan fingerprint density at radius 2 is 1.88 bits per heavy atom. The van der Waals surface area contributed by atoms with Gasteiger partial charge >= 0.3 is 0 Å². The minimum atomic E-state index is -0.103. The van der Waals surface area contributed by atoms with Crippen LogP contribution in [0.4, 0.5) is 5.82 Å². The molecule has 2 heterocycles. The van der Waals surface area contributed by atoms with Gasteiger partial charge in [0.05, 0.1) is 0 Å². The zero-order valence-corrected chi connectivity index (χ0v) is 20.3. The minimum Gasteiger partial charge on any atom is -0.357 e. The SMILES string of the molecule is CN(c1cc(Cl)nc(SCc2cccc(C(=O)NCc3ccncc3)c2)n1)C1CCCCC1. The first-order valence-corrected chi connectivity index (χ1v) is 12.6. The summed E-state index contributed by atoms with van der Waals surface area (Å²) in [4.78, 5) is 28.0. The first-order chi connectivity index (χ1) is 16.1. The number of nitrogens with one attached hydrogen (secondary N) is 1. The molecule has 8 heteroatoms. The fourth-order valence-electron chi connectivity index (χ4n) is 4.02. The number of pyridine rings is 1. The number of carbonyl (C=O) groups excluding carboxylic acids is 1. The molecule has 172 valence electrons. The van der Waals surface area contributed by atoms with Crippen molar-refractivity contribution in [1.82, 2.24) is 20.3 Å². The molecule has 1 amide bonds. The summed E-state index contributed by atoms with van der Waals surface area (Å²) >= 11 is 7.84. The standard InChI is InChI=1S/C25H28ClN5OS/c1-31(21-8-3-2-4-9-21)23-15-22(26)29-25(30-23)33-17-19-6-5-7-20(14-19)24(32)28-16-18-10-12-27-13-11-18/h5-7,10-15,21H,2-4,8-9,16-17H2,1H3,(H,28,32). The van der Waals surface area contributed by atoms with E-state index < -0.39 is 0 Å². The summed E-state index contributed by atoms with van der Waals surface area (Å²) in [6.07, 6.45) is 9.67. The first kappa shape index (κ1) is 23.5. The normalized spacial score (nSPS) is 14.1. The van der Waals surface area contributed by atoms with Gasteiger partial charge in [-0.15, -0.1) is 0 Å². The third-order valence-corrected chi connectivity index (χ3v) is 7.02. The van der Waals surface area contributed by atoms with Crippen LogP contribution in [-0.4, -0.2) is 33.9 Å². The Bertz CT molecular complexity index is 1080. The fourth-order valence-corrected chi connectivity index (χ4v) is 5.05. The van der Waals surface area contributed by atoms with Gasteiger partial charge in [0, 0.05) is 49.4 Å². The number of benzene rings is 1. The van der Waals surface area contributed by atoms with Crippen molar-refractivity contribution >= 4 is 35.1 Å². The number of carbonyl (C=O) groups is 1. The van der Waals surface area contributed by atoms with Crippen molar-refractivity contribution in [3.8, 4) is 0 Å². The first-order valence-electron chi connectivity index (χ1n) is 11.2. The highest BCUT2D eigenvalue weighted by Gasteiger charge is 2.20. The molecule has 1 N–H and O–H groups in total. The van der Waals surface area contributed by atoms with Crippen molar-refractivity contribution < 1.29 is 4.79 Å². The van der Waals surface area contributed by atoms with Crippen LogP contribution in [0.3, 0.4) is 0 Å². The van der Waals surface area contributed by atoms with Crippen LogP contribution in [-0.2, 0) is 12.3 Å². The number of nitrogens with zero attached hydrogens (tertiary/aromatic N) is 4. The van der Waals surface area contributed by atoms with E-state index >= 15 is 0 Å². The maximum Gasteiger partial charge on any atom is 0.251 e. The van der Waals surface area contributed by atoms with Gasteiger partial charge in [-0.1, -0.05) is 54.8 Å². The maximum atomic E-state index is 12.6. The third kappa shape index (κ3) is 6.68. The molecule has 1 fully saturated rings. The van der Waals surface area contributed by atoms with E-state index in [9.17, 15) is 4.79 Å². The van der Waals surface area contributed by atoms with Crippen LogP contribution >= 0.6 is 23.4 Å². The average Bonchev–Trinajstić information content (AvgIpc) is 2.86. The molecule has 0 unspecified atom stereocenters. The van der Waals surface area contributed by atoms with E-state index in [0.29, 0.717) is 34.2 Å². The molecule has 2 aromatic heterocycles. The van der Waals surface area contributed by atoms with Crippen molar-refractivity contribution in [3.63, 3.8) is 0 Å². The quantitative estimate of drug-likeness (QED) is 0.259. The van der Waals surface area contributed by atoms with Crippen molar-refractivity contribution in [1.29, 1.82) is 0 Å². The number of rotatable bonds is 8. The van der Waals surface area contributed by atoms with E-state index in [0.717, 1.165) is 16.9 Å². The number of hydrogen-bond donors (Lipinski definition) is 1. The van der Waals surface area contributed by atoms with Crippen LogP contribution in [0, 0.1) is 0 Å². The van der Waals surface area contributed by atoms with Gasteiger partial charge < -0.3 is 10.2 Å². The highest BCUT2D eigenvalue weighted by molar-refractivity contribution is 7.98. The van der Waals surface area contributed by atoms with Gasteiger partial charge in [0.15, 0.2) is 5.16 Å². The monoisotopic (exact) mass is 481 g/mol. The lowest BCUT2D eigenvalue weighted by molar-refractivity contribution is 0.0951. The van der Waals surface area contributed by atoms with Crippen LogP contribution in [0.25, 0.3) is 0 Å². The second-order valence-electron chi connectivity index (χ2n) is 8.26. The van der Waals surface area contributed by atoms with E-state index in [2.05, 4.69) is 27.2 Å². The van der Waals surface area contributed by atoms with E-state index in [4.69, 9.17) is 16.6 Å². The molecule has 4 rings (SSSR count). The maximum absolute atomic E-state index is 12.6. The average molecular weight is 482 g/mol. The molecule has 1 aromatic carbocycles. The molecule has 0 bridgehead atoms. The molecule has 0 saturated heterocycles. The Balaban J connectivity index is 1.38. The molecular formula is C25H28ClN5OS. The molecule has 3 aromatic rings. The van der Waals surface area contributed by atoms with Gasteiger partial charge in [-0.25, -0.2) is 9.97 Å². The molecular weight excluding hydrogens is 454 g/mol. The molecule has 1 saturated carbocycles. The second kappa shape index (κ2) is 11.5. The Hall–Kier alpha value is -2.64. The summed E-state index contributed by atoms with van der Waals surface area (Å²) in [5.74, 6) is 1.42. The lowest BCUT2D eigenvalue weighted by atomic mass is 9.94. The smallest absolute Gasteiger partial charge is 0.251 e. The molecule has 0 radical (unpaired) electrons. The van der Waals surface area contributed by atoms with Gasteiger partial charge in [0.2, 0.25) is 0 Å². The second-order valence-corrected chi connectivity index (χ2v) is 9.59. The Morgan fingerprint density at radius 1 is 1.09 bits per heavy atom. The zero-order chi connectivity index (χ0) is 23.0. The Morgan fingerprint density at radius 3 is 2.67 bits per heavy atom. The summed E-state index contributed by atoms with van der Waals surface area (Å²) in [6, 6.07) is 13.8. The van der Waals surface area contributed by atoms with Crippen molar-refractivity contribution in [3.05, 3.63) is 76.7 Å². The van der Waals surface area contributed by atoms with Crippen molar-refractivity contribution in [2.24, 2.45) is 0 Å². The summed E-state index contributed by atoms with van der Waals surface area (Å²) in [5, 5.41) is 4.05. The number of halogens is 1. The van der Waals surface area contributed by atoms with Gasteiger partial charge in [-0.3, -0.25) is 9.78 Å². The predicted octanol–water partition coefficient (Wildman–Crippen LogP) is 5.52. The zero-order valence-electron chi connectivity index (χ0n) is 18.7. The van der Waals surface area contributed by atoms with Gasteiger partial charge in [0.1, 0.15) is 11.0 Å². The van der Waals surface area contributed by atoms with Crippen molar-refractivity contribution in [2.45, 2.75) is 55.6 Å². The van der Waals surface area contributed by atoms with E-state index in [1.165, 1.54) is 43.9 Å². The summed E-state index contributed by atoms with van der Waals surface area (Å²) < 4.78 is 0. The number of amides is 1. The highest BCUT2D eigenvalue weighted by Crippen LogP contribution is 2.29. The van der Waals surface area contributed by atoms with Gasteiger partial charge in [0.25, 0.3) is 5.91 Å². The summed E-state index contributed by atoms with van der Waals surface area (Å²) in [5.41, 5.74) is 2.67. The fraction of sp³-hybridized carbons (Fsp3) is 0.360. The van der Waals surface area contributed by atoms with Crippen LogP contribution in [0.5, 0.6) is 0 Å². The molecule has 33 heavy (non-hydrogen) atoms. The van der Waals surface area contributed by atoms with Crippen LogP contribution in [0.15, 0.2) is 60.0 Å². The molecule has 6 nitrogen and oxygen atoms in total. The van der Waals surface area contributed by atoms with E-state index in [-0.39, 0.29) is 5.91 Å². The van der Waals surface area contributed by atoms with Crippen LogP contribution in [0.1, 0.15) is 53.6 Å². The Labute approximate surface area is 204 Å². The molecule has 1 aliphatic rings. The Kier molecular flexibility index (Phi) is 8.18. The number of hydrogen-bond acceptors (Lipinski definition) is 6. The highest BCUT2D eigenvalue weighted by atomic mass is 35.5. The van der Waals surface area contributed by atoms with E-state index in [1.54, 1.807) is 12.4 Å². The van der Waals surface area contributed by atoms with Gasteiger partial charge in [-0.05, 0) is 48.2 Å². The minimum absolute atomic E-state index is 0.103. The van der Waals surface area contributed by atoms with Gasteiger partial charge in [-0.2, -0.15) is 0 Å². The summed E-state index contributed by atoms with van der Waals surface area (Å²) in [6.45, 7) is 0.466. The summed E-state index contributed by atoms with van der Waals surface area (Å²) in [7, 11) is 2.09. The van der Waals surface area contributed by atoms with Crippen molar-refractivity contribution in [2.75, 3.05) is 11.9 Å². The van der Waals surface area contributed by atoms with Crippen LogP contribution in [0.2, 0.25) is 5.15 Å². The number of aromatic nitrogens is 3. The molecule has 0 atom stereocenters. The van der Waals surface area contributed by atoms with Crippen LogP contribution < -0.4 is 10.2 Å². The van der Waals surface area contributed by atoms with E-state index in [1.807, 2.05) is 42.5 Å². The number of anilines is 1. The molecule has 1 aliphatic carbocycles. The molecule has 0 spiro atoms. The third-order valence-electron chi connectivity index (χ3n) is 5.90. The lowest BCUT2D eigenvalue weighted by Gasteiger charge is -2.32. The lowest BCUT2D eigenvalue weighted by Crippen LogP contribution is -2.34.